The molecule has 18 heavy (non-hydrogen) atoms. The lowest BCUT2D eigenvalue weighted by atomic mass is 9.91. The number of rotatable bonds is 2. The van der Waals surface area contributed by atoms with E-state index in [0.717, 1.165) is 0 Å². The zero-order valence-electron chi connectivity index (χ0n) is 9.94. The number of β-amino-alcohol motifs (C(OH)–C–C–N with tert-alkyl or cyclic N) is 1. The minimum absolute atomic E-state index is 0. The van der Waals surface area contributed by atoms with E-state index in [1.165, 1.54) is 11.3 Å². The van der Waals surface area contributed by atoms with Gasteiger partial charge in [0.15, 0.2) is 0 Å². The fraction of sp³-hybridized carbons (Fsp3) is 0.200. The van der Waals surface area contributed by atoms with Gasteiger partial charge >= 0.3 is 0 Å². The number of halogens is 1. The van der Waals surface area contributed by atoms with E-state index in [0.29, 0.717) is 6.54 Å². The van der Waals surface area contributed by atoms with Crippen LogP contribution in [0.2, 0.25) is 0 Å². The lowest BCUT2D eigenvalue weighted by Crippen LogP contribution is -2.53. The van der Waals surface area contributed by atoms with Crippen LogP contribution in [0.4, 0.5) is 5.69 Å². The van der Waals surface area contributed by atoms with Gasteiger partial charge < -0.3 is 10.0 Å². The number of aliphatic hydroxyl groups is 1. The van der Waals surface area contributed by atoms with E-state index in [2.05, 4.69) is 29.2 Å². The molecule has 94 valence electrons. The minimum Gasteiger partial charge on any atom is -0.389 e. The number of benzene rings is 2. The molecule has 0 aromatic heterocycles. The second-order valence-corrected chi connectivity index (χ2v) is 4.41. The molecule has 1 heterocycles. The van der Waals surface area contributed by atoms with Crippen LogP contribution < -0.4 is 4.90 Å². The van der Waals surface area contributed by atoms with Gasteiger partial charge in [0.25, 0.3) is 0 Å². The molecule has 2 aromatic rings. The van der Waals surface area contributed by atoms with E-state index in [1.54, 1.807) is 0 Å². The first-order valence-electron chi connectivity index (χ1n) is 5.91. The molecule has 0 spiro atoms. The second kappa shape index (κ2) is 5.42. The molecule has 1 N–H and O–H groups in total. The van der Waals surface area contributed by atoms with Crippen molar-refractivity contribution in [2.45, 2.75) is 12.1 Å². The Morgan fingerprint density at radius 1 is 0.889 bits per heavy atom. The lowest BCUT2D eigenvalue weighted by Gasteiger charge is -2.47. The number of anilines is 1. The summed E-state index contributed by atoms with van der Waals surface area (Å²) in [7, 11) is 0. The van der Waals surface area contributed by atoms with Crippen molar-refractivity contribution in [2.24, 2.45) is 0 Å². The van der Waals surface area contributed by atoms with Crippen molar-refractivity contribution >= 4 is 18.1 Å². The monoisotopic (exact) mass is 261 g/mol. The molecule has 0 radical (unpaired) electrons. The standard InChI is InChI=1S/C15H15NO.ClH/c17-14-11-16(13-9-5-2-6-10-13)15(14)12-7-3-1-4-8-12;/h1-10,14-15,17H,11H2;1H. The molecule has 2 aromatic carbocycles. The summed E-state index contributed by atoms with van der Waals surface area (Å²) in [5.41, 5.74) is 2.35. The van der Waals surface area contributed by atoms with Crippen molar-refractivity contribution in [1.82, 2.24) is 0 Å². The Kier molecular flexibility index (Phi) is 3.90. The van der Waals surface area contributed by atoms with Crippen molar-refractivity contribution in [3.05, 3.63) is 66.2 Å². The smallest absolute Gasteiger partial charge is 0.0959 e. The van der Waals surface area contributed by atoms with Gasteiger partial charge in [-0.05, 0) is 17.7 Å². The number of aliphatic hydroxyl groups excluding tert-OH is 1. The maximum atomic E-state index is 9.95. The van der Waals surface area contributed by atoms with Gasteiger partial charge in [-0.3, -0.25) is 0 Å². The van der Waals surface area contributed by atoms with Crippen LogP contribution >= 0.6 is 12.4 Å². The Hall–Kier alpha value is -1.51. The van der Waals surface area contributed by atoms with Crippen molar-refractivity contribution in [3.63, 3.8) is 0 Å². The lowest BCUT2D eigenvalue weighted by molar-refractivity contribution is 0.0912. The molecule has 2 unspecified atom stereocenters. The van der Waals surface area contributed by atoms with Crippen LogP contribution in [0.3, 0.4) is 0 Å². The van der Waals surface area contributed by atoms with Gasteiger partial charge in [-0.15, -0.1) is 12.4 Å². The predicted molar refractivity (Wildman–Crippen MR) is 76.2 cm³/mol. The quantitative estimate of drug-likeness (QED) is 0.898. The summed E-state index contributed by atoms with van der Waals surface area (Å²) in [5, 5.41) is 9.95. The number of hydrogen-bond acceptors (Lipinski definition) is 2. The molecule has 3 rings (SSSR count). The third kappa shape index (κ3) is 2.22. The van der Waals surface area contributed by atoms with Crippen LogP contribution in [0, 0.1) is 0 Å². The summed E-state index contributed by atoms with van der Waals surface area (Å²) in [4.78, 5) is 2.24. The molecular formula is C15H16ClNO. The summed E-state index contributed by atoms with van der Waals surface area (Å²) in [6.07, 6.45) is -0.266. The van der Waals surface area contributed by atoms with E-state index in [4.69, 9.17) is 0 Å². The second-order valence-electron chi connectivity index (χ2n) is 4.41. The SMILES string of the molecule is Cl.OC1CN(c2ccccc2)C1c1ccccc1. The van der Waals surface area contributed by atoms with E-state index in [1.807, 2.05) is 36.4 Å². The normalized spacial score (nSPS) is 21.9. The van der Waals surface area contributed by atoms with Crippen LogP contribution in [0.25, 0.3) is 0 Å². The summed E-state index contributed by atoms with van der Waals surface area (Å²) in [6, 6.07) is 20.5. The molecule has 2 atom stereocenters. The van der Waals surface area contributed by atoms with Crippen molar-refractivity contribution in [1.29, 1.82) is 0 Å². The first-order valence-corrected chi connectivity index (χ1v) is 5.91. The molecule has 0 bridgehead atoms. The van der Waals surface area contributed by atoms with Crippen LogP contribution in [0.1, 0.15) is 11.6 Å². The minimum atomic E-state index is -0.266. The number of hydrogen-bond donors (Lipinski definition) is 1. The van der Waals surface area contributed by atoms with Gasteiger partial charge in [0, 0.05) is 12.2 Å². The van der Waals surface area contributed by atoms with Crippen molar-refractivity contribution in [3.8, 4) is 0 Å². The largest absolute Gasteiger partial charge is 0.389 e. The maximum absolute atomic E-state index is 9.95. The molecule has 1 aliphatic heterocycles. The summed E-state index contributed by atoms with van der Waals surface area (Å²) >= 11 is 0. The Morgan fingerprint density at radius 3 is 2.00 bits per heavy atom. The van der Waals surface area contributed by atoms with Crippen LogP contribution in [-0.4, -0.2) is 17.8 Å². The third-order valence-electron chi connectivity index (χ3n) is 3.31. The highest BCUT2D eigenvalue weighted by Gasteiger charge is 2.38. The van der Waals surface area contributed by atoms with Gasteiger partial charge in [-0.25, -0.2) is 0 Å². The van der Waals surface area contributed by atoms with E-state index in [9.17, 15) is 5.11 Å². The Labute approximate surface area is 113 Å². The molecule has 2 nitrogen and oxygen atoms in total. The van der Waals surface area contributed by atoms with Crippen LogP contribution in [0.15, 0.2) is 60.7 Å². The van der Waals surface area contributed by atoms with Gasteiger partial charge in [0.05, 0.1) is 12.1 Å². The highest BCUT2D eigenvalue weighted by atomic mass is 35.5. The zero-order valence-corrected chi connectivity index (χ0v) is 10.8. The topological polar surface area (TPSA) is 23.5 Å². The van der Waals surface area contributed by atoms with Crippen LogP contribution in [-0.2, 0) is 0 Å². The first kappa shape index (κ1) is 12.9. The van der Waals surface area contributed by atoms with Crippen LogP contribution in [0.5, 0.6) is 0 Å². The highest BCUT2D eigenvalue weighted by molar-refractivity contribution is 5.85. The van der Waals surface area contributed by atoms with E-state index >= 15 is 0 Å². The Balaban J connectivity index is 0.00000120. The zero-order chi connectivity index (χ0) is 11.7. The van der Waals surface area contributed by atoms with E-state index < -0.39 is 0 Å². The van der Waals surface area contributed by atoms with Gasteiger partial charge in [0.2, 0.25) is 0 Å². The van der Waals surface area contributed by atoms with E-state index in [-0.39, 0.29) is 24.6 Å². The van der Waals surface area contributed by atoms with Gasteiger partial charge in [-0.2, -0.15) is 0 Å². The molecule has 1 saturated heterocycles. The average Bonchev–Trinajstić information content (AvgIpc) is 2.38. The third-order valence-corrected chi connectivity index (χ3v) is 3.31. The Morgan fingerprint density at radius 2 is 1.44 bits per heavy atom. The molecule has 1 fully saturated rings. The Bertz CT molecular complexity index is 488. The summed E-state index contributed by atoms with van der Waals surface area (Å²) < 4.78 is 0. The maximum Gasteiger partial charge on any atom is 0.0959 e. The fourth-order valence-electron chi connectivity index (χ4n) is 2.42. The first-order chi connectivity index (χ1) is 8.36. The van der Waals surface area contributed by atoms with Gasteiger partial charge in [0.1, 0.15) is 0 Å². The molecule has 0 aliphatic carbocycles. The van der Waals surface area contributed by atoms with Gasteiger partial charge in [-0.1, -0.05) is 48.5 Å². The molecule has 0 amide bonds. The molecule has 3 heteroatoms. The molecule has 0 saturated carbocycles. The van der Waals surface area contributed by atoms with Crippen molar-refractivity contribution < 1.29 is 5.11 Å². The predicted octanol–water partition coefficient (Wildman–Crippen LogP) is 3.03. The number of nitrogens with zero attached hydrogens (tertiary/aromatic N) is 1. The molecule has 1 aliphatic rings. The molecular weight excluding hydrogens is 246 g/mol. The summed E-state index contributed by atoms with van der Waals surface area (Å²) in [5.74, 6) is 0. The highest BCUT2D eigenvalue weighted by Crippen LogP contribution is 2.37. The average molecular weight is 262 g/mol. The summed E-state index contributed by atoms with van der Waals surface area (Å²) in [6.45, 7) is 0.712. The number of para-hydroxylation sites is 1. The van der Waals surface area contributed by atoms with Crippen molar-refractivity contribution in [2.75, 3.05) is 11.4 Å². The fourth-order valence-corrected chi connectivity index (χ4v) is 2.42.